The number of hydrogen-bond acceptors (Lipinski definition) is 2. The molecule has 1 unspecified atom stereocenters. The van der Waals surface area contributed by atoms with Crippen LogP contribution in [0.15, 0.2) is 0 Å². The van der Waals surface area contributed by atoms with Crippen molar-refractivity contribution in [3.05, 3.63) is 0 Å². The lowest BCUT2D eigenvalue weighted by molar-refractivity contribution is -0.123. The number of nitrogens with one attached hydrogen (secondary N) is 1. The van der Waals surface area contributed by atoms with Gasteiger partial charge in [-0.1, -0.05) is 44.9 Å². The molecule has 3 nitrogen and oxygen atoms in total. The molecule has 2 saturated carbocycles. The molecular weight excluding hydrogens is 224 g/mol. The van der Waals surface area contributed by atoms with Crippen molar-refractivity contribution in [2.75, 3.05) is 6.54 Å². The van der Waals surface area contributed by atoms with Gasteiger partial charge < -0.3 is 11.1 Å². The number of hydrogen-bond donors (Lipinski definition) is 2. The molecule has 0 bridgehead atoms. The van der Waals surface area contributed by atoms with E-state index in [4.69, 9.17) is 5.73 Å². The van der Waals surface area contributed by atoms with Crippen molar-refractivity contribution in [1.29, 1.82) is 0 Å². The summed E-state index contributed by atoms with van der Waals surface area (Å²) in [4.78, 5) is 11.9. The lowest BCUT2D eigenvalue weighted by Gasteiger charge is -2.24. The lowest BCUT2D eigenvalue weighted by atomic mass is 9.85. The molecule has 3 N–H and O–H groups in total. The number of nitrogens with two attached hydrogens (primary N) is 1. The van der Waals surface area contributed by atoms with Crippen LogP contribution in [0.4, 0.5) is 0 Å². The summed E-state index contributed by atoms with van der Waals surface area (Å²) in [5.41, 5.74) is 6.02. The lowest BCUT2D eigenvalue weighted by Crippen LogP contribution is -2.43. The average molecular weight is 252 g/mol. The van der Waals surface area contributed by atoms with Gasteiger partial charge >= 0.3 is 0 Å². The van der Waals surface area contributed by atoms with Crippen LogP contribution < -0.4 is 11.1 Å². The fraction of sp³-hybridized carbons (Fsp3) is 0.933. The van der Waals surface area contributed by atoms with E-state index >= 15 is 0 Å². The Morgan fingerprint density at radius 1 is 1.00 bits per heavy atom. The van der Waals surface area contributed by atoms with E-state index in [-0.39, 0.29) is 11.9 Å². The van der Waals surface area contributed by atoms with Crippen LogP contribution in [0.25, 0.3) is 0 Å². The fourth-order valence-electron chi connectivity index (χ4n) is 3.48. The van der Waals surface area contributed by atoms with Crippen molar-refractivity contribution in [1.82, 2.24) is 5.32 Å². The maximum absolute atomic E-state index is 11.9. The van der Waals surface area contributed by atoms with Crippen LogP contribution in [0.3, 0.4) is 0 Å². The van der Waals surface area contributed by atoms with Crippen molar-refractivity contribution in [2.45, 2.75) is 70.3 Å². The van der Waals surface area contributed by atoms with Crippen LogP contribution in [0.2, 0.25) is 0 Å². The molecule has 0 aromatic carbocycles. The summed E-state index contributed by atoms with van der Waals surface area (Å²) >= 11 is 0. The zero-order valence-electron chi connectivity index (χ0n) is 11.5. The largest absolute Gasteiger partial charge is 0.354 e. The number of rotatable bonds is 5. The minimum Gasteiger partial charge on any atom is -0.354 e. The molecule has 3 heteroatoms. The molecule has 2 aliphatic carbocycles. The Labute approximate surface area is 111 Å². The first-order chi connectivity index (χ1) is 8.75. The Bertz CT molecular complexity index is 255. The van der Waals surface area contributed by atoms with Crippen LogP contribution in [0.1, 0.15) is 64.2 Å². The molecule has 0 radical (unpaired) electrons. The predicted octanol–water partition coefficient (Wildman–Crippen LogP) is 2.59. The standard InChI is InChI=1S/C15H28N2O/c16-14(10-12-6-2-1-3-7-12)15(18)17-11-13-8-4-5-9-13/h12-14H,1-11,16H2,(H,17,18). The molecule has 104 valence electrons. The third kappa shape index (κ3) is 4.27. The third-order valence-electron chi connectivity index (χ3n) is 4.69. The minimum absolute atomic E-state index is 0.0764. The van der Waals surface area contributed by atoms with Gasteiger partial charge in [-0.25, -0.2) is 0 Å². The van der Waals surface area contributed by atoms with Gasteiger partial charge in [0.05, 0.1) is 6.04 Å². The maximum atomic E-state index is 11.9. The van der Waals surface area contributed by atoms with E-state index in [1.165, 1.54) is 57.8 Å². The predicted molar refractivity (Wildman–Crippen MR) is 74.1 cm³/mol. The highest BCUT2D eigenvalue weighted by Crippen LogP contribution is 2.27. The second-order valence-electron chi connectivity index (χ2n) is 6.24. The van der Waals surface area contributed by atoms with Gasteiger partial charge in [0.1, 0.15) is 0 Å². The van der Waals surface area contributed by atoms with Gasteiger partial charge in [-0.15, -0.1) is 0 Å². The van der Waals surface area contributed by atoms with Crippen LogP contribution in [0, 0.1) is 11.8 Å². The molecule has 0 aromatic heterocycles. The van der Waals surface area contributed by atoms with Crippen molar-refractivity contribution in [3.63, 3.8) is 0 Å². The summed E-state index contributed by atoms with van der Waals surface area (Å²) in [5.74, 6) is 1.47. The van der Waals surface area contributed by atoms with Gasteiger partial charge in [0, 0.05) is 6.54 Å². The molecule has 0 heterocycles. The summed E-state index contributed by atoms with van der Waals surface area (Å²) in [6.45, 7) is 0.844. The SMILES string of the molecule is NC(CC1CCCCC1)C(=O)NCC1CCCC1. The molecule has 2 aliphatic rings. The fourth-order valence-corrected chi connectivity index (χ4v) is 3.48. The Morgan fingerprint density at radius 2 is 1.56 bits per heavy atom. The summed E-state index contributed by atoms with van der Waals surface area (Å²) < 4.78 is 0. The van der Waals surface area contributed by atoms with Crippen LogP contribution in [0.5, 0.6) is 0 Å². The van der Waals surface area contributed by atoms with Gasteiger partial charge in [-0.2, -0.15) is 0 Å². The van der Waals surface area contributed by atoms with Crippen LogP contribution in [-0.2, 0) is 4.79 Å². The molecule has 0 saturated heterocycles. The van der Waals surface area contributed by atoms with Crippen molar-refractivity contribution < 1.29 is 4.79 Å². The number of amides is 1. The Kier molecular flexibility index (Phi) is 5.48. The zero-order valence-corrected chi connectivity index (χ0v) is 11.5. The molecule has 2 fully saturated rings. The highest BCUT2D eigenvalue weighted by Gasteiger charge is 2.22. The van der Waals surface area contributed by atoms with Crippen LogP contribution >= 0.6 is 0 Å². The second-order valence-corrected chi connectivity index (χ2v) is 6.24. The highest BCUT2D eigenvalue weighted by molar-refractivity contribution is 5.81. The van der Waals surface area contributed by atoms with E-state index in [9.17, 15) is 4.79 Å². The molecule has 2 rings (SSSR count). The number of carbonyl (C=O) groups is 1. The van der Waals surface area contributed by atoms with Crippen molar-refractivity contribution >= 4 is 5.91 Å². The quantitative estimate of drug-likeness (QED) is 0.790. The van der Waals surface area contributed by atoms with Gasteiger partial charge in [0.2, 0.25) is 5.91 Å². The Morgan fingerprint density at radius 3 is 2.22 bits per heavy atom. The first kappa shape index (κ1) is 13.9. The minimum atomic E-state index is -0.283. The Balaban J connectivity index is 1.63. The molecular formula is C15H28N2O. The second kappa shape index (κ2) is 7.13. The first-order valence-corrected chi connectivity index (χ1v) is 7.79. The van der Waals surface area contributed by atoms with Gasteiger partial charge in [-0.05, 0) is 31.1 Å². The summed E-state index contributed by atoms with van der Waals surface area (Å²) in [7, 11) is 0. The normalized spacial score (nSPS) is 24.1. The first-order valence-electron chi connectivity index (χ1n) is 7.79. The highest BCUT2D eigenvalue weighted by atomic mass is 16.2. The number of carbonyl (C=O) groups excluding carboxylic acids is 1. The van der Waals surface area contributed by atoms with Gasteiger partial charge in [0.15, 0.2) is 0 Å². The molecule has 0 spiro atoms. The smallest absolute Gasteiger partial charge is 0.236 e. The van der Waals surface area contributed by atoms with E-state index in [1.54, 1.807) is 0 Å². The summed E-state index contributed by atoms with van der Waals surface area (Å²) in [6, 6.07) is -0.283. The Hall–Kier alpha value is -0.570. The molecule has 1 amide bonds. The monoisotopic (exact) mass is 252 g/mol. The topological polar surface area (TPSA) is 55.1 Å². The van der Waals surface area contributed by atoms with E-state index in [2.05, 4.69) is 5.32 Å². The summed E-state index contributed by atoms with van der Waals surface area (Å²) in [6.07, 6.45) is 12.6. The maximum Gasteiger partial charge on any atom is 0.236 e. The molecule has 18 heavy (non-hydrogen) atoms. The third-order valence-corrected chi connectivity index (χ3v) is 4.69. The molecule has 1 atom stereocenters. The van der Waals surface area contributed by atoms with E-state index in [1.807, 2.05) is 0 Å². The van der Waals surface area contributed by atoms with Gasteiger partial charge in [0.25, 0.3) is 0 Å². The van der Waals surface area contributed by atoms with Gasteiger partial charge in [-0.3, -0.25) is 4.79 Å². The van der Waals surface area contributed by atoms with Crippen molar-refractivity contribution in [2.24, 2.45) is 17.6 Å². The van der Waals surface area contributed by atoms with E-state index < -0.39 is 0 Å². The van der Waals surface area contributed by atoms with Crippen LogP contribution in [-0.4, -0.2) is 18.5 Å². The molecule has 0 aromatic rings. The van der Waals surface area contributed by atoms with Crippen molar-refractivity contribution in [3.8, 4) is 0 Å². The zero-order chi connectivity index (χ0) is 12.8. The average Bonchev–Trinajstić information content (AvgIpc) is 2.90. The summed E-state index contributed by atoms with van der Waals surface area (Å²) in [5, 5.41) is 3.05. The molecule has 0 aliphatic heterocycles. The van der Waals surface area contributed by atoms with E-state index in [0.29, 0.717) is 11.8 Å². The van der Waals surface area contributed by atoms with E-state index in [0.717, 1.165) is 13.0 Å².